The van der Waals surface area contributed by atoms with Crippen molar-refractivity contribution in [2.45, 2.75) is 51.5 Å². The Labute approximate surface area is 127 Å². The second-order valence-electron chi connectivity index (χ2n) is 5.89. The van der Waals surface area contributed by atoms with Crippen LogP contribution in [-0.4, -0.2) is 11.9 Å². The van der Waals surface area contributed by atoms with Gasteiger partial charge in [-0.05, 0) is 42.4 Å². The number of anilines is 1. The molecule has 0 heterocycles. The summed E-state index contributed by atoms with van der Waals surface area (Å²) in [5.74, 6) is 0.914. The number of nitrogens with two attached hydrogens (primary N) is 1. The van der Waals surface area contributed by atoms with Gasteiger partial charge >= 0.3 is 0 Å². The quantitative estimate of drug-likeness (QED) is 0.890. The molecule has 4 heteroatoms. The molecule has 112 valence electrons. The molecule has 1 aromatic rings. The Morgan fingerprint density at radius 3 is 2.75 bits per heavy atom. The van der Waals surface area contributed by atoms with E-state index in [9.17, 15) is 4.79 Å². The average Bonchev–Trinajstić information content (AvgIpc) is 2.75. The lowest BCUT2D eigenvalue weighted by atomic mass is 9.99. The number of benzene rings is 1. The summed E-state index contributed by atoms with van der Waals surface area (Å²) in [4.78, 5) is 12.0. The molecule has 1 aliphatic carbocycles. The summed E-state index contributed by atoms with van der Waals surface area (Å²) < 4.78 is 0. The first kappa shape index (κ1) is 17.0. The van der Waals surface area contributed by atoms with Gasteiger partial charge in [0.2, 0.25) is 5.91 Å². The van der Waals surface area contributed by atoms with Gasteiger partial charge < -0.3 is 11.1 Å². The molecule has 1 amide bonds. The summed E-state index contributed by atoms with van der Waals surface area (Å²) in [6, 6.07) is 8.28. The molecule has 20 heavy (non-hydrogen) atoms. The van der Waals surface area contributed by atoms with Gasteiger partial charge in [0, 0.05) is 18.2 Å². The summed E-state index contributed by atoms with van der Waals surface area (Å²) in [5, 5.41) is 2.99. The van der Waals surface area contributed by atoms with E-state index < -0.39 is 0 Å². The topological polar surface area (TPSA) is 55.1 Å². The van der Waals surface area contributed by atoms with Gasteiger partial charge in [-0.15, -0.1) is 12.4 Å². The molecular formula is C16H25ClN2O. The smallest absolute Gasteiger partial charge is 0.224 e. The van der Waals surface area contributed by atoms with E-state index in [0.29, 0.717) is 18.3 Å². The van der Waals surface area contributed by atoms with Crippen LogP contribution in [0.25, 0.3) is 0 Å². The molecular weight excluding hydrogens is 272 g/mol. The monoisotopic (exact) mass is 296 g/mol. The lowest BCUT2D eigenvalue weighted by Crippen LogP contribution is -2.28. The van der Waals surface area contributed by atoms with Crippen LogP contribution in [-0.2, 0) is 4.79 Å². The Morgan fingerprint density at radius 1 is 1.40 bits per heavy atom. The summed E-state index contributed by atoms with van der Waals surface area (Å²) in [5.41, 5.74) is 8.14. The van der Waals surface area contributed by atoms with Gasteiger partial charge in [-0.3, -0.25) is 4.79 Å². The normalized spacial score (nSPS) is 21.6. The average molecular weight is 297 g/mol. The molecule has 1 saturated carbocycles. The summed E-state index contributed by atoms with van der Waals surface area (Å²) >= 11 is 0. The first-order chi connectivity index (χ1) is 9.06. The van der Waals surface area contributed by atoms with Gasteiger partial charge in [0.25, 0.3) is 0 Å². The molecule has 0 spiro atoms. The van der Waals surface area contributed by atoms with Crippen LogP contribution < -0.4 is 11.1 Å². The number of carbonyl (C=O) groups excluding carboxylic acids is 1. The van der Waals surface area contributed by atoms with Gasteiger partial charge in [0.05, 0.1) is 0 Å². The van der Waals surface area contributed by atoms with Gasteiger partial charge in [-0.2, -0.15) is 0 Å². The summed E-state index contributed by atoms with van der Waals surface area (Å²) in [6.45, 7) is 4.30. The van der Waals surface area contributed by atoms with Gasteiger partial charge in [-0.1, -0.05) is 32.4 Å². The Bertz CT molecular complexity index is 448. The SMILES string of the molecule is CC(C)c1cccc(NC(=O)C[C@@H]2CCC[C@H]2N)c1.Cl. The van der Waals surface area contributed by atoms with Crippen molar-refractivity contribution in [1.82, 2.24) is 0 Å². The number of halogens is 1. The van der Waals surface area contributed by atoms with Crippen LogP contribution in [0.4, 0.5) is 5.69 Å². The van der Waals surface area contributed by atoms with Crippen molar-refractivity contribution in [3.8, 4) is 0 Å². The predicted molar refractivity (Wildman–Crippen MR) is 86.3 cm³/mol. The number of rotatable bonds is 4. The van der Waals surface area contributed by atoms with Crippen LogP contribution in [0.15, 0.2) is 24.3 Å². The second kappa shape index (κ2) is 7.65. The van der Waals surface area contributed by atoms with E-state index in [1.165, 1.54) is 5.56 Å². The second-order valence-corrected chi connectivity index (χ2v) is 5.89. The zero-order valence-electron chi connectivity index (χ0n) is 12.3. The molecule has 0 aliphatic heterocycles. The molecule has 0 radical (unpaired) electrons. The Hall–Kier alpha value is -1.06. The lowest BCUT2D eigenvalue weighted by molar-refractivity contribution is -0.117. The number of hydrogen-bond donors (Lipinski definition) is 2. The summed E-state index contributed by atoms with van der Waals surface area (Å²) in [7, 11) is 0. The van der Waals surface area contributed by atoms with Crippen molar-refractivity contribution in [1.29, 1.82) is 0 Å². The van der Waals surface area contributed by atoms with Crippen molar-refractivity contribution in [3.63, 3.8) is 0 Å². The molecule has 1 aromatic carbocycles. The molecule has 2 atom stereocenters. The predicted octanol–water partition coefficient (Wildman–Crippen LogP) is 3.69. The van der Waals surface area contributed by atoms with Crippen molar-refractivity contribution in [2.24, 2.45) is 11.7 Å². The van der Waals surface area contributed by atoms with E-state index in [4.69, 9.17) is 5.73 Å². The van der Waals surface area contributed by atoms with Crippen molar-refractivity contribution >= 4 is 24.0 Å². The maximum absolute atomic E-state index is 12.0. The number of hydrogen-bond acceptors (Lipinski definition) is 2. The minimum absolute atomic E-state index is 0. The molecule has 0 bridgehead atoms. The first-order valence-corrected chi connectivity index (χ1v) is 7.21. The van der Waals surface area contributed by atoms with E-state index in [1.807, 2.05) is 12.1 Å². The van der Waals surface area contributed by atoms with Crippen molar-refractivity contribution in [3.05, 3.63) is 29.8 Å². The Morgan fingerprint density at radius 2 is 2.15 bits per heavy atom. The third kappa shape index (κ3) is 4.50. The third-order valence-corrected chi connectivity index (χ3v) is 4.00. The summed E-state index contributed by atoms with van der Waals surface area (Å²) in [6.07, 6.45) is 3.84. The highest BCUT2D eigenvalue weighted by Gasteiger charge is 2.25. The maximum Gasteiger partial charge on any atom is 0.224 e. The van der Waals surface area contributed by atoms with Crippen LogP contribution >= 0.6 is 12.4 Å². The van der Waals surface area contributed by atoms with E-state index in [2.05, 4.69) is 31.3 Å². The third-order valence-electron chi connectivity index (χ3n) is 4.00. The van der Waals surface area contributed by atoms with E-state index in [0.717, 1.165) is 24.9 Å². The molecule has 1 aliphatic rings. The fourth-order valence-corrected chi connectivity index (χ4v) is 2.74. The van der Waals surface area contributed by atoms with Crippen LogP contribution in [0.3, 0.4) is 0 Å². The Kier molecular flexibility index (Phi) is 6.50. The van der Waals surface area contributed by atoms with Crippen LogP contribution in [0, 0.1) is 5.92 Å². The molecule has 0 unspecified atom stereocenters. The van der Waals surface area contributed by atoms with E-state index in [-0.39, 0.29) is 24.4 Å². The molecule has 3 N–H and O–H groups in total. The fourth-order valence-electron chi connectivity index (χ4n) is 2.74. The van der Waals surface area contributed by atoms with Gasteiger partial charge in [-0.25, -0.2) is 0 Å². The molecule has 1 fully saturated rings. The Balaban J connectivity index is 0.00000200. The zero-order chi connectivity index (χ0) is 13.8. The highest BCUT2D eigenvalue weighted by atomic mass is 35.5. The molecule has 3 nitrogen and oxygen atoms in total. The van der Waals surface area contributed by atoms with Crippen LogP contribution in [0.1, 0.15) is 51.0 Å². The standard InChI is InChI=1S/C16H24N2O.ClH/c1-11(2)12-5-3-7-14(9-12)18-16(19)10-13-6-4-8-15(13)17;/h3,5,7,9,11,13,15H,4,6,8,10,17H2,1-2H3,(H,18,19);1H/t13-,15+;/m0./s1. The fraction of sp³-hybridized carbons (Fsp3) is 0.562. The molecule has 0 saturated heterocycles. The van der Waals surface area contributed by atoms with Gasteiger partial charge in [0.1, 0.15) is 0 Å². The zero-order valence-corrected chi connectivity index (χ0v) is 13.1. The minimum atomic E-state index is 0. The number of amides is 1. The molecule has 0 aromatic heterocycles. The maximum atomic E-state index is 12.0. The van der Waals surface area contributed by atoms with Crippen LogP contribution in [0.5, 0.6) is 0 Å². The number of carbonyl (C=O) groups is 1. The lowest BCUT2D eigenvalue weighted by Gasteiger charge is -2.15. The minimum Gasteiger partial charge on any atom is -0.327 e. The highest BCUT2D eigenvalue weighted by Crippen LogP contribution is 2.27. The van der Waals surface area contributed by atoms with Gasteiger partial charge in [0.15, 0.2) is 0 Å². The van der Waals surface area contributed by atoms with Crippen molar-refractivity contribution in [2.75, 3.05) is 5.32 Å². The molecule has 2 rings (SSSR count). The largest absolute Gasteiger partial charge is 0.327 e. The van der Waals surface area contributed by atoms with Crippen molar-refractivity contribution < 1.29 is 4.79 Å². The highest BCUT2D eigenvalue weighted by molar-refractivity contribution is 5.91. The van der Waals surface area contributed by atoms with E-state index in [1.54, 1.807) is 0 Å². The van der Waals surface area contributed by atoms with E-state index >= 15 is 0 Å². The number of nitrogens with one attached hydrogen (secondary N) is 1. The van der Waals surface area contributed by atoms with Crippen LogP contribution in [0.2, 0.25) is 0 Å². The first-order valence-electron chi connectivity index (χ1n) is 7.21.